The number of halogens is 2. The molecule has 34 heavy (non-hydrogen) atoms. The summed E-state index contributed by atoms with van der Waals surface area (Å²) in [5, 5.41) is 0. The second-order valence-electron chi connectivity index (χ2n) is 7.55. The molecular formula is C26H22Br2N2O4. The van der Waals surface area contributed by atoms with Crippen LogP contribution >= 0.6 is 31.9 Å². The molecular weight excluding hydrogens is 564 g/mol. The quantitative estimate of drug-likeness (QED) is 0.351. The van der Waals surface area contributed by atoms with Crippen molar-refractivity contribution in [2.24, 2.45) is 0 Å². The Balaban J connectivity index is 2.03. The molecule has 3 aromatic rings. The summed E-state index contributed by atoms with van der Waals surface area (Å²) in [5.41, 5.74) is 2.91. The smallest absolute Gasteiger partial charge is 0.355 e. The van der Waals surface area contributed by atoms with Crippen molar-refractivity contribution in [1.29, 1.82) is 0 Å². The molecule has 0 saturated carbocycles. The predicted molar refractivity (Wildman–Crippen MR) is 138 cm³/mol. The Morgan fingerprint density at radius 3 is 1.82 bits per heavy atom. The molecule has 0 amide bonds. The second-order valence-corrected chi connectivity index (χ2v) is 9.38. The first kappa shape index (κ1) is 24.0. The molecule has 0 saturated heterocycles. The number of rotatable bonds is 5. The Kier molecular flexibility index (Phi) is 7.38. The van der Waals surface area contributed by atoms with Crippen LogP contribution in [0.4, 0.5) is 11.4 Å². The van der Waals surface area contributed by atoms with E-state index in [1.165, 1.54) is 14.2 Å². The Morgan fingerprint density at radius 1 is 0.765 bits per heavy atom. The minimum Gasteiger partial charge on any atom is -0.466 e. The minimum absolute atomic E-state index is 0.152. The van der Waals surface area contributed by atoms with Gasteiger partial charge < -0.3 is 19.3 Å². The van der Waals surface area contributed by atoms with E-state index in [1.54, 1.807) is 0 Å². The summed E-state index contributed by atoms with van der Waals surface area (Å²) in [4.78, 5) is 30.0. The first-order valence-electron chi connectivity index (χ1n) is 10.5. The molecule has 0 fully saturated rings. The zero-order chi connectivity index (χ0) is 24.2. The lowest BCUT2D eigenvalue weighted by Crippen LogP contribution is -2.50. The van der Waals surface area contributed by atoms with Crippen LogP contribution in [-0.4, -0.2) is 32.7 Å². The maximum absolute atomic E-state index is 13.1. The molecule has 0 aromatic heterocycles. The molecule has 0 N–H and O–H groups in total. The van der Waals surface area contributed by atoms with E-state index in [0.717, 1.165) is 25.9 Å². The summed E-state index contributed by atoms with van der Waals surface area (Å²) < 4.78 is 12.1. The number of ether oxygens (including phenoxy) is 2. The third kappa shape index (κ3) is 4.74. The highest BCUT2D eigenvalue weighted by molar-refractivity contribution is 9.10. The monoisotopic (exact) mass is 584 g/mol. The average Bonchev–Trinajstić information content (AvgIpc) is 2.88. The van der Waals surface area contributed by atoms with Crippen LogP contribution in [0.3, 0.4) is 0 Å². The first-order valence-corrected chi connectivity index (χ1v) is 12.0. The van der Waals surface area contributed by atoms with Crippen molar-refractivity contribution < 1.29 is 19.1 Å². The fraction of sp³-hybridized carbons (Fsp3) is 0.154. The van der Waals surface area contributed by atoms with Gasteiger partial charge in [-0.15, -0.1) is 0 Å². The third-order valence-electron chi connectivity index (χ3n) is 5.57. The summed E-state index contributed by atoms with van der Waals surface area (Å²) in [7, 11) is 2.62. The van der Waals surface area contributed by atoms with Crippen LogP contribution in [0.25, 0.3) is 0 Å². The van der Waals surface area contributed by atoms with Crippen LogP contribution in [-0.2, 0) is 19.1 Å². The van der Waals surface area contributed by atoms with Crippen molar-refractivity contribution >= 4 is 55.2 Å². The van der Waals surface area contributed by atoms with E-state index in [9.17, 15) is 9.59 Å². The van der Waals surface area contributed by atoms with Gasteiger partial charge in [-0.2, -0.15) is 0 Å². The summed E-state index contributed by atoms with van der Waals surface area (Å²) in [6.07, 6.45) is -0.439. The van der Waals surface area contributed by atoms with Gasteiger partial charge in [0, 0.05) is 20.3 Å². The van der Waals surface area contributed by atoms with E-state index in [1.807, 2.05) is 83.8 Å². The fourth-order valence-electron chi connectivity index (χ4n) is 4.03. The number of esters is 2. The van der Waals surface area contributed by atoms with Crippen molar-refractivity contribution in [2.75, 3.05) is 30.6 Å². The molecule has 1 heterocycles. The van der Waals surface area contributed by atoms with E-state index in [2.05, 4.69) is 36.8 Å². The minimum atomic E-state index is -0.611. The number of benzene rings is 3. The van der Waals surface area contributed by atoms with Crippen molar-refractivity contribution in [2.45, 2.75) is 6.17 Å². The van der Waals surface area contributed by atoms with Gasteiger partial charge in [0.2, 0.25) is 0 Å². The van der Waals surface area contributed by atoms with Crippen LogP contribution in [0, 0.1) is 0 Å². The van der Waals surface area contributed by atoms with Crippen molar-refractivity contribution in [1.82, 2.24) is 0 Å². The van der Waals surface area contributed by atoms with E-state index in [4.69, 9.17) is 9.47 Å². The van der Waals surface area contributed by atoms with E-state index < -0.39 is 18.1 Å². The summed E-state index contributed by atoms with van der Waals surface area (Å²) in [6, 6.07) is 25.2. The highest BCUT2D eigenvalue weighted by atomic mass is 79.9. The molecule has 1 unspecified atom stereocenters. The number of carbonyl (C=O) groups is 2. The molecule has 4 rings (SSSR count). The zero-order valence-corrected chi connectivity index (χ0v) is 21.7. The topological polar surface area (TPSA) is 59.1 Å². The van der Waals surface area contributed by atoms with Gasteiger partial charge in [0.15, 0.2) is 0 Å². The molecule has 1 atom stereocenters. The van der Waals surface area contributed by atoms with Gasteiger partial charge in [-0.25, -0.2) is 9.59 Å². The van der Waals surface area contributed by atoms with Gasteiger partial charge in [0.05, 0.1) is 26.3 Å². The lowest BCUT2D eigenvalue weighted by molar-refractivity contribution is -0.139. The molecule has 0 bridgehead atoms. The number of methoxy groups -OCH3 is 2. The molecule has 174 valence electrons. The van der Waals surface area contributed by atoms with Gasteiger partial charge >= 0.3 is 11.9 Å². The number of hydrogen-bond acceptors (Lipinski definition) is 6. The highest BCUT2D eigenvalue weighted by Gasteiger charge is 2.42. The Morgan fingerprint density at radius 2 is 1.29 bits per heavy atom. The summed E-state index contributed by atoms with van der Waals surface area (Å²) >= 11 is 6.97. The van der Waals surface area contributed by atoms with Crippen LogP contribution in [0.15, 0.2) is 99.1 Å². The molecule has 1 aliphatic rings. The largest absolute Gasteiger partial charge is 0.466 e. The van der Waals surface area contributed by atoms with E-state index >= 15 is 0 Å². The molecule has 0 spiro atoms. The highest BCUT2D eigenvalue weighted by Crippen LogP contribution is 2.42. The zero-order valence-electron chi connectivity index (χ0n) is 18.6. The van der Waals surface area contributed by atoms with Gasteiger partial charge in [0.1, 0.15) is 11.9 Å². The van der Waals surface area contributed by atoms with Crippen LogP contribution in [0.5, 0.6) is 0 Å². The molecule has 1 aliphatic heterocycles. The van der Waals surface area contributed by atoms with Gasteiger partial charge in [-0.3, -0.25) is 0 Å². The van der Waals surface area contributed by atoms with Crippen molar-refractivity contribution in [3.05, 3.63) is 105 Å². The van der Waals surface area contributed by atoms with Gasteiger partial charge in [-0.05, 0) is 54.1 Å². The van der Waals surface area contributed by atoms with Gasteiger partial charge in [-0.1, -0.05) is 62.2 Å². The summed E-state index contributed by atoms with van der Waals surface area (Å²) in [6.45, 7) is 0.158. The fourth-order valence-corrected chi connectivity index (χ4v) is 4.56. The Hall–Kier alpha value is -3.10. The molecule has 6 nitrogen and oxygen atoms in total. The third-order valence-corrected chi connectivity index (χ3v) is 6.62. The number of anilines is 2. The standard InChI is InChI=1S/C26H22Br2N2O4/c1-33-25(31)22-16-29(20-12-8-18(27)9-13-20)24(17-6-4-3-5-7-17)30(23(22)26(32)34-2)21-14-10-19(28)11-15-21/h3-15,24H,16H2,1-2H3. The molecule has 0 radical (unpaired) electrons. The average molecular weight is 586 g/mol. The molecule has 3 aromatic carbocycles. The van der Waals surface area contributed by atoms with Crippen LogP contribution in [0.1, 0.15) is 11.7 Å². The van der Waals surface area contributed by atoms with Crippen molar-refractivity contribution in [3.8, 4) is 0 Å². The molecule has 0 aliphatic carbocycles. The lowest BCUT2D eigenvalue weighted by atomic mass is 9.99. The number of hydrogen-bond donors (Lipinski definition) is 0. The maximum Gasteiger partial charge on any atom is 0.355 e. The normalized spacial score (nSPS) is 15.8. The molecule has 8 heteroatoms. The van der Waals surface area contributed by atoms with Crippen LogP contribution in [0.2, 0.25) is 0 Å². The lowest BCUT2D eigenvalue weighted by Gasteiger charge is -2.47. The van der Waals surface area contributed by atoms with Crippen molar-refractivity contribution in [3.63, 3.8) is 0 Å². The van der Waals surface area contributed by atoms with E-state index in [-0.39, 0.29) is 17.8 Å². The second kappa shape index (κ2) is 10.4. The number of nitrogens with zero attached hydrogens (tertiary/aromatic N) is 2. The van der Waals surface area contributed by atoms with Gasteiger partial charge in [0.25, 0.3) is 0 Å². The predicted octanol–water partition coefficient (Wildman–Crippen LogP) is 5.84. The first-order chi connectivity index (χ1) is 16.4. The Labute approximate surface area is 215 Å². The Bertz CT molecular complexity index is 1210. The maximum atomic E-state index is 13.1. The van der Waals surface area contributed by atoms with E-state index in [0.29, 0.717) is 0 Å². The number of carbonyl (C=O) groups excluding carboxylic acids is 2. The summed E-state index contributed by atoms with van der Waals surface area (Å²) in [5.74, 6) is -1.20. The van der Waals surface area contributed by atoms with Crippen LogP contribution < -0.4 is 9.80 Å². The SMILES string of the molecule is COC(=O)C1=C(C(=O)OC)N(c2ccc(Br)cc2)C(c2ccccc2)N(c2ccc(Br)cc2)C1.